The van der Waals surface area contributed by atoms with Crippen molar-refractivity contribution >= 4 is 32.7 Å². The second-order valence-corrected chi connectivity index (χ2v) is 6.90. The number of aliphatic carboxylic acids is 1. The number of para-hydroxylation sites is 1. The fourth-order valence-corrected chi connectivity index (χ4v) is 4.24. The average Bonchev–Trinajstić information content (AvgIpc) is 2.93. The maximum absolute atomic E-state index is 11.7. The fraction of sp³-hybridized carbons (Fsp3) is 0.500. The lowest BCUT2D eigenvalue weighted by molar-refractivity contribution is -0.159. The Morgan fingerprint density at radius 2 is 2.27 bits per heavy atom. The van der Waals surface area contributed by atoms with Gasteiger partial charge in [-0.25, -0.2) is 4.98 Å². The molecule has 2 aromatic rings. The summed E-state index contributed by atoms with van der Waals surface area (Å²) in [7, 11) is 0. The minimum absolute atomic E-state index is 0.326. The minimum Gasteiger partial charge on any atom is -0.481 e. The third kappa shape index (κ3) is 2.46. The van der Waals surface area contributed by atoms with Crippen molar-refractivity contribution in [2.24, 2.45) is 5.41 Å². The number of fused-ring (bicyclic) bond motifs is 1. The molecule has 0 spiro atoms. The summed E-state index contributed by atoms with van der Waals surface area (Å²) < 4.78 is 1.11. The lowest BCUT2D eigenvalue weighted by atomic mass is 9.73. The monoisotopic (exact) mass is 320 g/mol. The smallest absolute Gasteiger partial charge is 0.312 e. The average molecular weight is 320 g/mol. The molecule has 0 radical (unpaired) electrons. The highest BCUT2D eigenvalue weighted by molar-refractivity contribution is 7.22. The van der Waals surface area contributed by atoms with Crippen LogP contribution in [0.1, 0.15) is 26.2 Å². The van der Waals surface area contributed by atoms with Crippen molar-refractivity contribution in [2.75, 3.05) is 18.0 Å². The summed E-state index contributed by atoms with van der Waals surface area (Å²) in [6, 6.07) is 7.92. The van der Waals surface area contributed by atoms with Crippen LogP contribution in [-0.2, 0) is 4.79 Å². The maximum Gasteiger partial charge on any atom is 0.312 e. The van der Waals surface area contributed by atoms with Gasteiger partial charge in [0, 0.05) is 13.1 Å². The topological polar surface area (TPSA) is 73.7 Å². The molecule has 0 unspecified atom stereocenters. The van der Waals surface area contributed by atoms with Crippen LogP contribution < -0.4 is 4.90 Å². The van der Waals surface area contributed by atoms with E-state index in [1.54, 1.807) is 11.3 Å². The van der Waals surface area contributed by atoms with Crippen LogP contribution in [-0.4, -0.2) is 40.4 Å². The summed E-state index contributed by atoms with van der Waals surface area (Å²) in [5.41, 5.74) is -0.0670. The number of nitrogens with zero attached hydrogens (tertiary/aromatic N) is 2. The molecule has 5 nitrogen and oxygen atoms in total. The van der Waals surface area contributed by atoms with E-state index in [4.69, 9.17) is 0 Å². The second kappa shape index (κ2) is 5.85. The quantitative estimate of drug-likeness (QED) is 0.906. The van der Waals surface area contributed by atoms with E-state index in [0.29, 0.717) is 25.9 Å². The van der Waals surface area contributed by atoms with Crippen molar-refractivity contribution in [3.05, 3.63) is 24.3 Å². The van der Waals surface area contributed by atoms with Crippen molar-refractivity contribution in [1.29, 1.82) is 0 Å². The summed E-state index contributed by atoms with van der Waals surface area (Å²) in [6.07, 6.45) is 0.847. The predicted octanol–water partition coefficient (Wildman–Crippen LogP) is 2.74. The molecule has 0 bridgehead atoms. The number of carbonyl (C=O) groups is 1. The van der Waals surface area contributed by atoms with Gasteiger partial charge < -0.3 is 15.1 Å². The van der Waals surface area contributed by atoms with Gasteiger partial charge in [-0.1, -0.05) is 36.8 Å². The summed E-state index contributed by atoms with van der Waals surface area (Å²) in [5, 5.41) is 20.9. The first-order chi connectivity index (χ1) is 10.6. The number of benzene rings is 1. The van der Waals surface area contributed by atoms with Gasteiger partial charge >= 0.3 is 5.97 Å². The first-order valence-electron chi connectivity index (χ1n) is 7.59. The van der Waals surface area contributed by atoms with Gasteiger partial charge in [0.1, 0.15) is 0 Å². The molecule has 2 atom stereocenters. The molecule has 0 saturated carbocycles. The number of hydrogen-bond acceptors (Lipinski definition) is 5. The fourth-order valence-electron chi connectivity index (χ4n) is 3.24. The first-order valence-corrected chi connectivity index (χ1v) is 8.40. The standard InChI is InChI=1S/C16H20N2O3S/c1-2-7-16(14(20)21)8-9-18(10-13(16)19)15-17-11-5-3-4-6-12(11)22-15/h3-6,13,19H,2,7-10H2,1H3,(H,20,21)/t13-,16+/m1/s1. The van der Waals surface area contributed by atoms with E-state index in [2.05, 4.69) is 4.98 Å². The Kier molecular flexibility index (Phi) is 4.06. The number of carboxylic acid groups (broad SMARTS) is 1. The number of carboxylic acids is 1. The molecule has 1 aromatic carbocycles. The molecule has 6 heteroatoms. The van der Waals surface area contributed by atoms with Crippen LogP contribution in [0.2, 0.25) is 0 Å². The summed E-state index contributed by atoms with van der Waals surface area (Å²) in [5.74, 6) is -0.884. The number of aliphatic hydroxyl groups excluding tert-OH is 1. The maximum atomic E-state index is 11.7. The highest BCUT2D eigenvalue weighted by atomic mass is 32.1. The third-order valence-electron chi connectivity index (χ3n) is 4.53. The van der Waals surface area contributed by atoms with Crippen LogP contribution in [0.3, 0.4) is 0 Å². The lowest BCUT2D eigenvalue weighted by Crippen LogP contribution is -2.54. The molecule has 1 saturated heterocycles. The van der Waals surface area contributed by atoms with Crippen LogP contribution in [0, 0.1) is 5.41 Å². The highest BCUT2D eigenvalue weighted by Crippen LogP contribution is 2.39. The Bertz CT molecular complexity index is 654. The van der Waals surface area contributed by atoms with Gasteiger partial charge in [0.25, 0.3) is 0 Å². The largest absolute Gasteiger partial charge is 0.481 e. The van der Waals surface area contributed by atoms with Crippen LogP contribution >= 0.6 is 11.3 Å². The molecule has 1 aromatic heterocycles. The Balaban J connectivity index is 1.83. The molecule has 118 valence electrons. The molecule has 1 aliphatic rings. The Hall–Kier alpha value is -1.66. The van der Waals surface area contributed by atoms with Gasteiger partial charge in [-0.05, 0) is 25.0 Å². The zero-order valence-corrected chi connectivity index (χ0v) is 13.3. The number of thiazole rings is 1. The Morgan fingerprint density at radius 1 is 1.50 bits per heavy atom. The van der Waals surface area contributed by atoms with E-state index >= 15 is 0 Å². The van der Waals surface area contributed by atoms with E-state index in [1.807, 2.05) is 36.1 Å². The number of hydrogen-bond donors (Lipinski definition) is 2. The van der Waals surface area contributed by atoms with E-state index < -0.39 is 17.5 Å². The van der Waals surface area contributed by atoms with E-state index in [-0.39, 0.29) is 0 Å². The molecule has 1 aliphatic heterocycles. The molecular formula is C16H20N2O3S. The van der Waals surface area contributed by atoms with E-state index in [9.17, 15) is 15.0 Å². The Morgan fingerprint density at radius 3 is 2.91 bits per heavy atom. The molecule has 1 fully saturated rings. The van der Waals surface area contributed by atoms with E-state index in [1.165, 1.54) is 0 Å². The summed E-state index contributed by atoms with van der Waals surface area (Å²) in [4.78, 5) is 18.3. The number of aromatic nitrogens is 1. The van der Waals surface area contributed by atoms with Crippen molar-refractivity contribution in [1.82, 2.24) is 4.98 Å². The first kappa shape index (κ1) is 15.2. The molecule has 2 heterocycles. The van der Waals surface area contributed by atoms with Gasteiger partial charge in [0.15, 0.2) is 5.13 Å². The normalized spacial score (nSPS) is 25.5. The van der Waals surface area contributed by atoms with Crippen molar-refractivity contribution < 1.29 is 15.0 Å². The Labute approximate surface area is 133 Å². The number of aliphatic hydroxyl groups is 1. The molecule has 0 amide bonds. The lowest BCUT2D eigenvalue weighted by Gasteiger charge is -2.42. The van der Waals surface area contributed by atoms with Gasteiger partial charge in [-0.15, -0.1) is 0 Å². The van der Waals surface area contributed by atoms with Crippen molar-refractivity contribution in [3.63, 3.8) is 0 Å². The van der Waals surface area contributed by atoms with Crippen LogP contribution in [0.25, 0.3) is 10.2 Å². The predicted molar refractivity (Wildman–Crippen MR) is 87.4 cm³/mol. The molecule has 22 heavy (non-hydrogen) atoms. The van der Waals surface area contributed by atoms with Gasteiger partial charge in [0.2, 0.25) is 0 Å². The number of anilines is 1. The highest BCUT2D eigenvalue weighted by Gasteiger charge is 2.48. The van der Waals surface area contributed by atoms with Crippen LogP contribution in [0.15, 0.2) is 24.3 Å². The second-order valence-electron chi connectivity index (χ2n) is 5.89. The zero-order valence-electron chi connectivity index (χ0n) is 12.5. The van der Waals surface area contributed by atoms with Crippen LogP contribution in [0.5, 0.6) is 0 Å². The van der Waals surface area contributed by atoms with E-state index in [0.717, 1.165) is 21.8 Å². The van der Waals surface area contributed by atoms with Gasteiger partial charge in [-0.2, -0.15) is 0 Å². The van der Waals surface area contributed by atoms with Crippen molar-refractivity contribution in [3.8, 4) is 0 Å². The molecule has 0 aliphatic carbocycles. The molecular weight excluding hydrogens is 300 g/mol. The summed E-state index contributed by atoms with van der Waals surface area (Å²) in [6.45, 7) is 2.90. The number of piperidine rings is 1. The summed E-state index contributed by atoms with van der Waals surface area (Å²) >= 11 is 1.58. The van der Waals surface area contributed by atoms with Crippen LogP contribution in [0.4, 0.5) is 5.13 Å². The molecule has 3 rings (SSSR count). The van der Waals surface area contributed by atoms with Gasteiger partial charge in [-0.3, -0.25) is 4.79 Å². The SMILES string of the molecule is CCC[C@]1(C(=O)O)CCN(c2nc3ccccc3s2)C[C@H]1O. The van der Waals surface area contributed by atoms with Gasteiger partial charge in [0.05, 0.1) is 21.7 Å². The number of β-amino-alcohol motifs (C(OH)–C–C–N with tert-alkyl or cyclic N) is 1. The minimum atomic E-state index is -1.01. The third-order valence-corrected chi connectivity index (χ3v) is 5.63. The molecule has 2 N–H and O–H groups in total. The number of rotatable bonds is 4. The van der Waals surface area contributed by atoms with Crippen molar-refractivity contribution in [2.45, 2.75) is 32.3 Å². The zero-order chi connectivity index (χ0) is 15.7.